The number of para-hydroxylation sites is 1. The molecule has 1 fully saturated rings. The van der Waals surface area contributed by atoms with Gasteiger partial charge in [0.25, 0.3) is 5.91 Å². The van der Waals surface area contributed by atoms with Crippen LogP contribution in [-0.2, 0) is 4.74 Å². The molecule has 1 saturated heterocycles. The first-order chi connectivity index (χ1) is 10.1. The van der Waals surface area contributed by atoms with Crippen LogP contribution in [0.4, 0.5) is 0 Å². The van der Waals surface area contributed by atoms with Crippen molar-refractivity contribution in [1.82, 2.24) is 19.9 Å². The fraction of sp³-hybridized carbons (Fsp3) is 0.400. The lowest BCUT2D eigenvalue weighted by Gasteiger charge is -2.34. The molecule has 2 heterocycles. The topological polar surface area (TPSA) is 60.2 Å². The van der Waals surface area contributed by atoms with Crippen molar-refractivity contribution in [3.05, 3.63) is 42.2 Å². The Labute approximate surface area is 123 Å². The molecule has 6 nitrogen and oxygen atoms in total. The van der Waals surface area contributed by atoms with Gasteiger partial charge in [-0.05, 0) is 26.0 Å². The number of carbonyl (C=O) groups is 1. The van der Waals surface area contributed by atoms with E-state index < -0.39 is 0 Å². The molecule has 2 atom stereocenters. The summed E-state index contributed by atoms with van der Waals surface area (Å²) in [6.07, 6.45) is 1.76. The van der Waals surface area contributed by atoms with Gasteiger partial charge in [0.05, 0.1) is 24.1 Å². The molecule has 2 aromatic rings. The number of hydrogen-bond donors (Lipinski definition) is 0. The van der Waals surface area contributed by atoms with E-state index in [2.05, 4.69) is 10.3 Å². The van der Waals surface area contributed by atoms with E-state index in [1.54, 1.807) is 15.8 Å². The third kappa shape index (κ3) is 2.95. The van der Waals surface area contributed by atoms with Gasteiger partial charge in [-0.25, -0.2) is 4.68 Å². The molecule has 0 bridgehead atoms. The molecule has 21 heavy (non-hydrogen) atoms. The van der Waals surface area contributed by atoms with Crippen LogP contribution >= 0.6 is 0 Å². The van der Waals surface area contributed by atoms with Crippen LogP contribution in [-0.4, -0.2) is 51.1 Å². The molecule has 0 aliphatic carbocycles. The van der Waals surface area contributed by atoms with Crippen LogP contribution in [0.2, 0.25) is 0 Å². The fourth-order valence-corrected chi connectivity index (χ4v) is 2.57. The molecule has 3 rings (SSSR count). The first kappa shape index (κ1) is 13.8. The Balaban J connectivity index is 1.78. The van der Waals surface area contributed by atoms with Crippen LogP contribution in [0.25, 0.3) is 5.69 Å². The Morgan fingerprint density at radius 2 is 1.86 bits per heavy atom. The minimum atomic E-state index is -0.0980. The van der Waals surface area contributed by atoms with E-state index in [1.807, 2.05) is 44.2 Å². The molecule has 0 spiro atoms. The van der Waals surface area contributed by atoms with Gasteiger partial charge in [0.2, 0.25) is 0 Å². The van der Waals surface area contributed by atoms with Crippen molar-refractivity contribution < 1.29 is 9.53 Å². The van der Waals surface area contributed by atoms with Crippen LogP contribution in [0.3, 0.4) is 0 Å². The smallest absolute Gasteiger partial charge is 0.276 e. The van der Waals surface area contributed by atoms with Gasteiger partial charge in [0.1, 0.15) is 0 Å². The summed E-state index contributed by atoms with van der Waals surface area (Å²) < 4.78 is 7.25. The zero-order chi connectivity index (χ0) is 14.8. The third-order valence-electron chi connectivity index (χ3n) is 3.44. The Bertz CT molecular complexity index is 616. The van der Waals surface area contributed by atoms with Gasteiger partial charge in [0, 0.05) is 13.1 Å². The number of carbonyl (C=O) groups excluding carboxylic acids is 1. The number of benzene rings is 1. The van der Waals surface area contributed by atoms with Crippen molar-refractivity contribution in [3.8, 4) is 5.69 Å². The second-order valence-electron chi connectivity index (χ2n) is 5.35. The minimum absolute atomic E-state index is 0.0434. The number of morpholine rings is 1. The van der Waals surface area contributed by atoms with Crippen molar-refractivity contribution in [2.24, 2.45) is 0 Å². The summed E-state index contributed by atoms with van der Waals surface area (Å²) in [5, 5.41) is 8.03. The van der Waals surface area contributed by atoms with Crippen LogP contribution < -0.4 is 0 Å². The molecule has 1 aromatic carbocycles. The predicted molar refractivity (Wildman–Crippen MR) is 77.3 cm³/mol. The second kappa shape index (κ2) is 5.65. The molecule has 1 aliphatic heterocycles. The van der Waals surface area contributed by atoms with Gasteiger partial charge in [-0.15, -0.1) is 5.10 Å². The van der Waals surface area contributed by atoms with Gasteiger partial charge in [0.15, 0.2) is 5.69 Å². The maximum Gasteiger partial charge on any atom is 0.276 e. The first-order valence-corrected chi connectivity index (χ1v) is 7.06. The quantitative estimate of drug-likeness (QED) is 0.839. The van der Waals surface area contributed by atoms with E-state index >= 15 is 0 Å². The molecule has 6 heteroatoms. The van der Waals surface area contributed by atoms with Crippen LogP contribution in [0, 0.1) is 0 Å². The lowest BCUT2D eigenvalue weighted by molar-refractivity contribution is -0.0587. The molecular weight excluding hydrogens is 268 g/mol. The Hall–Kier alpha value is -2.21. The van der Waals surface area contributed by atoms with Crippen molar-refractivity contribution in [2.75, 3.05) is 13.1 Å². The minimum Gasteiger partial charge on any atom is -0.372 e. The average Bonchev–Trinajstić information content (AvgIpc) is 2.96. The number of ether oxygens (including phenoxy) is 1. The highest BCUT2D eigenvalue weighted by molar-refractivity contribution is 5.92. The van der Waals surface area contributed by atoms with Gasteiger partial charge in [-0.3, -0.25) is 4.79 Å². The molecule has 0 radical (unpaired) electrons. The zero-order valence-electron chi connectivity index (χ0n) is 12.1. The van der Waals surface area contributed by atoms with E-state index in [0.29, 0.717) is 18.8 Å². The largest absolute Gasteiger partial charge is 0.372 e. The summed E-state index contributed by atoms with van der Waals surface area (Å²) in [7, 11) is 0. The molecular formula is C15H18N4O2. The number of amides is 1. The molecule has 0 N–H and O–H groups in total. The first-order valence-electron chi connectivity index (χ1n) is 7.06. The summed E-state index contributed by atoms with van der Waals surface area (Å²) in [6.45, 7) is 5.11. The maximum atomic E-state index is 12.5. The predicted octanol–water partition coefficient (Wildman–Crippen LogP) is 1.52. The average molecular weight is 286 g/mol. The Morgan fingerprint density at radius 3 is 2.52 bits per heavy atom. The van der Waals surface area contributed by atoms with Gasteiger partial charge < -0.3 is 9.64 Å². The van der Waals surface area contributed by atoms with E-state index in [9.17, 15) is 4.79 Å². The number of aromatic nitrogens is 3. The Kier molecular flexibility index (Phi) is 3.70. The lowest BCUT2D eigenvalue weighted by atomic mass is 10.2. The van der Waals surface area contributed by atoms with E-state index in [-0.39, 0.29) is 18.1 Å². The van der Waals surface area contributed by atoms with Crippen molar-refractivity contribution in [1.29, 1.82) is 0 Å². The number of nitrogens with zero attached hydrogens (tertiary/aromatic N) is 4. The molecule has 1 aliphatic rings. The summed E-state index contributed by atoms with van der Waals surface area (Å²) in [5.74, 6) is -0.0980. The lowest BCUT2D eigenvalue weighted by Crippen LogP contribution is -2.48. The Morgan fingerprint density at radius 1 is 1.19 bits per heavy atom. The highest BCUT2D eigenvalue weighted by Gasteiger charge is 2.28. The van der Waals surface area contributed by atoms with Crippen LogP contribution in [0.1, 0.15) is 24.3 Å². The fourth-order valence-electron chi connectivity index (χ4n) is 2.57. The van der Waals surface area contributed by atoms with Crippen molar-refractivity contribution in [3.63, 3.8) is 0 Å². The second-order valence-corrected chi connectivity index (χ2v) is 5.35. The van der Waals surface area contributed by atoms with E-state index in [4.69, 9.17) is 4.74 Å². The molecule has 1 amide bonds. The summed E-state index contributed by atoms with van der Waals surface area (Å²) in [6, 6.07) is 9.61. The van der Waals surface area contributed by atoms with Gasteiger partial charge in [-0.1, -0.05) is 23.4 Å². The highest BCUT2D eigenvalue weighted by Crippen LogP contribution is 2.14. The SMILES string of the molecule is C[C@H]1CN(C(=O)c2cn(-c3ccccc3)nn2)C[C@H](C)O1. The third-order valence-corrected chi connectivity index (χ3v) is 3.44. The monoisotopic (exact) mass is 286 g/mol. The van der Waals surface area contributed by atoms with Crippen molar-refractivity contribution >= 4 is 5.91 Å². The van der Waals surface area contributed by atoms with E-state index in [0.717, 1.165) is 5.69 Å². The highest BCUT2D eigenvalue weighted by atomic mass is 16.5. The van der Waals surface area contributed by atoms with E-state index in [1.165, 1.54) is 0 Å². The summed E-state index contributed by atoms with van der Waals surface area (Å²) in [4.78, 5) is 14.3. The number of rotatable bonds is 2. The number of hydrogen-bond acceptors (Lipinski definition) is 4. The standard InChI is InChI=1S/C15H18N4O2/c1-11-8-18(9-12(2)21-11)15(20)14-10-19(17-16-14)13-6-4-3-5-7-13/h3-7,10-12H,8-9H2,1-2H3/t11-,12-/m0/s1. The van der Waals surface area contributed by atoms with Gasteiger partial charge >= 0.3 is 0 Å². The summed E-state index contributed by atoms with van der Waals surface area (Å²) in [5.41, 5.74) is 1.24. The normalized spacial score (nSPS) is 22.3. The molecule has 110 valence electrons. The van der Waals surface area contributed by atoms with Crippen LogP contribution in [0.5, 0.6) is 0 Å². The molecule has 0 saturated carbocycles. The van der Waals surface area contributed by atoms with Gasteiger partial charge in [-0.2, -0.15) is 0 Å². The van der Waals surface area contributed by atoms with Crippen LogP contribution in [0.15, 0.2) is 36.5 Å². The molecule has 1 aromatic heterocycles. The van der Waals surface area contributed by atoms with Crippen molar-refractivity contribution in [2.45, 2.75) is 26.1 Å². The molecule has 0 unspecified atom stereocenters. The summed E-state index contributed by atoms with van der Waals surface area (Å²) >= 11 is 0. The zero-order valence-corrected chi connectivity index (χ0v) is 12.1. The maximum absolute atomic E-state index is 12.5.